The van der Waals surface area contributed by atoms with Gasteiger partial charge in [0.25, 0.3) is 0 Å². The van der Waals surface area contributed by atoms with E-state index in [1.54, 1.807) is 12.1 Å². The van der Waals surface area contributed by atoms with Gasteiger partial charge >= 0.3 is 12.3 Å². The van der Waals surface area contributed by atoms with Crippen LogP contribution in [0, 0.1) is 0 Å². The van der Waals surface area contributed by atoms with Gasteiger partial charge in [0.15, 0.2) is 0 Å². The third-order valence-corrected chi connectivity index (χ3v) is 5.79. The number of sulfonamides is 1. The predicted octanol–water partition coefficient (Wildman–Crippen LogP) is 3.17. The van der Waals surface area contributed by atoms with Crippen molar-refractivity contribution in [2.24, 2.45) is 0 Å². The minimum atomic E-state index is -3.60. The number of carboxylic acids is 1. The first-order valence-electron chi connectivity index (χ1n) is 7.29. The molecule has 6 nitrogen and oxygen atoms in total. The lowest BCUT2D eigenvalue weighted by atomic mass is 10.3. The van der Waals surface area contributed by atoms with Gasteiger partial charge in [-0.15, -0.1) is 11.8 Å². The largest absolute Gasteiger partial charge is 0.476 e. The van der Waals surface area contributed by atoms with Crippen LogP contribution in [0.2, 0.25) is 5.02 Å². The van der Waals surface area contributed by atoms with E-state index in [0.717, 1.165) is 4.90 Å². The Balaban J connectivity index is 1.80. The molecule has 1 atom stereocenters. The maximum atomic E-state index is 12.9. The molecule has 0 heterocycles. The summed E-state index contributed by atoms with van der Waals surface area (Å²) in [4.78, 5) is 11.3. The fourth-order valence-electron chi connectivity index (χ4n) is 1.83. The summed E-state index contributed by atoms with van der Waals surface area (Å²) in [6.45, 7) is 0.208. The summed E-state index contributed by atoms with van der Waals surface area (Å²) in [6, 6.07) is 12.0. The number of hydrogen-bond donors (Lipinski definition) is 2. The second-order valence-corrected chi connectivity index (χ2v) is 8.32. The van der Waals surface area contributed by atoms with Gasteiger partial charge in [-0.3, -0.25) is 0 Å². The van der Waals surface area contributed by atoms with Crippen LogP contribution in [-0.2, 0) is 14.8 Å². The molecule has 0 saturated carbocycles. The molecule has 140 valence electrons. The number of halogens is 2. The Hall–Kier alpha value is -1.81. The Kier molecular flexibility index (Phi) is 7.27. The maximum Gasteiger partial charge on any atom is 0.378 e. The predicted molar refractivity (Wildman–Crippen MR) is 97.0 cm³/mol. The van der Waals surface area contributed by atoms with E-state index in [9.17, 15) is 17.6 Å². The molecule has 2 aromatic carbocycles. The minimum Gasteiger partial charge on any atom is -0.476 e. The maximum absolute atomic E-state index is 12.9. The van der Waals surface area contributed by atoms with Crippen LogP contribution in [0.3, 0.4) is 0 Å². The van der Waals surface area contributed by atoms with E-state index >= 15 is 0 Å². The minimum absolute atomic E-state index is 0.0905. The highest BCUT2D eigenvalue weighted by molar-refractivity contribution is 7.99. The van der Waals surface area contributed by atoms with Gasteiger partial charge in [-0.25, -0.2) is 17.9 Å². The number of alkyl halides is 1. The highest BCUT2D eigenvalue weighted by Crippen LogP contribution is 2.22. The first-order valence-corrected chi connectivity index (χ1v) is 10.1. The molecule has 2 rings (SSSR count). The van der Waals surface area contributed by atoms with Gasteiger partial charge in [0.1, 0.15) is 5.75 Å². The zero-order valence-corrected chi connectivity index (χ0v) is 15.7. The number of carbonyl (C=O) groups is 1. The van der Waals surface area contributed by atoms with Crippen LogP contribution in [-0.4, -0.2) is 38.1 Å². The second kappa shape index (κ2) is 9.22. The molecule has 2 N–H and O–H groups in total. The van der Waals surface area contributed by atoms with Gasteiger partial charge in [0.2, 0.25) is 10.0 Å². The average Bonchev–Trinajstić information content (AvgIpc) is 2.60. The molecule has 0 radical (unpaired) electrons. The van der Waals surface area contributed by atoms with Crippen molar-refractivity contribution in [3.63, 3.8) is 0 Å². The van der Waals surface area contributed by atoms with E-state index in [4.69, 9.17) is 16.7 Å². The molecule has 26 heavy (non-hydrogen) atoms. The van der Waals surface area contributed by atoms with Crippen molar-refractivity contribution in [1.82, 2.24) is 4.72 Å². The van der Waals surface area contributed by atoms with Crippen molar-refractivity contribution >= 4 is 39.4 Å². The zero-order valence-electron chi connectivity index (χ0n) is 13.3. The van der Waals surface area contributed by atoms with Gasteiger partial charge in [-0.1, -0.05) is 11.6 Å². The molecule has 2 aromatic rings. The SMILES string of the molecule is O=C(O)C(F)Oc1ccc(SCCNS(=O)(=O)c2ccc(Cl)cc2)cc1. The van der Waals surface area contributed by atoms with Crippen LogP contribution in [0.5, 0.6) is 5.75 Å². The third kappa shape index (κ3) is 6.17. The van der Waals surface area contributed by atoms with Crippen molar-refractivity contribution in [3.8, 4) is 5.75 Å². The Labute approximate surface area is 159 Å². The number of carboxylic acid groups (broad SMARTS) is 1. The molecule has 0 aromatic heterocycles. The van der Waals surface area contributed by atoms with Crippen LogP contribution in [0.4, 0.5) is 4.39 Å². The normalized spacial score (nSPS) is 12.5. The van der Waals surface area contributed by atoms with Crippen LogP contribution in [0.15, 0.2) is 58.3 Å². The van der Waals surface area contributed by atoms with Crippen molar-refractivity contribution in [3.05, 3.63) is 53.6 Å². The number of aliphatic carboxylic acids is 1. The van der Waals surface area contributed by atoms with Crippen molar-refractivity contribution in [2.45, 2.75) is 16.1 Å². The third-order valence-electron chi connectivity index (χ3n) is 3.04. The van der Waals surface area contributed by atoms with E-state index < -0.39 is 22.4 Å². The smallest absolute Gasteiger partial charge is 0.378 e. The molecule has 0 fully saturated rings. The van der Waals surface area contributed by atoms with Gasteiger partial charge in [0.05, 0.1) is 4.90 Å². The lowest BCUT2D eigenvalue weighted by Crippen LogP contribution is -2.25. The number of nitrogens with one attached hydrogen (secondary N) is 1. The van der Waals surface area contributed by atoms with Crippen LogP contribution < -0.4 is 9.46 Å². The number of rotatable bonds is 9. The Morgan fingerprint density at radius 1 is 1.19 bits per heavy atom. The summed E-state index contributed by atoms with van der Waals surface area (Å²) in [7, 11) is -3.60. The van der Waals surface area contributed by atoms with Crippen molar-refractivity contribution in [2.75, 3.05) is 12.3 Å². The van der Waals surface area contributed by atoms with E-state index in [1.807, 2.05) is 0 Å². The van der Waals surface area contributed by atoms with Gasteiger partial charge in [-0.2, -0.15) is 4.39 Å². The summed E-state index contributed by atoms with van der Waals surface area (Å²) in [6.07, 6.45) is -2.42. The molecule has 1 unspecified atom stereocenters. The van der Waals surface area contributed by atoms with E-state index in [0.29, 0.717) is 10.8 Å². The average molecular weight is 420 g/mol. The Morgan fingerprint density at radius 2 is 1.81 bits per heavy atom. The standard InChI is InChI=1S/C16H15ClFNO5S2/c17-11-1-7-14(8-2-11)26(22,23)19-9-10-25-13-5-3-12(4-6-13)24-15(18)16(20)21/h1-8,15,19H,9-10H2,(H,20,21). The van der Waals surface area contributed by atoms with Crippen LogP contribution in [0.25, 0.3) is 0 Å². The first kappa shape index (κ1) is 20.5. The fraction of sp³-hybridized carbons (Fsp3) is 0.188. The van der Waals surface area contributed by atoms with Crippen LogP contribution >= 0.6 is 23.4 Å². The number of thioether (sulfide) groups is 1. The lowest BCUT2D eigenvalue weighted by Gasteiger charge is -2.09. The van der Waals surface area contributed by atoms with E-state index in [1.165, 1.54) is 48.2 Å². The van der Waals surface area contributed by atoms with Crippen molar-refractivity contribution in [1.29, 1.82) is 0 Å². The number of ether oxygens (including phenoxy) is 1. The molecule has 0 amide bonds. The topological polar surface area (TPSA) is 92.7 Å². The molecule has 0 spiro atoms. The quantitative estimate of drug-likeness (QED) is 0.479. The summed E-state index contributed by atoms with van der Waals surface area (Å²) in [5, 5.41) is 8.89. The van der Waals surface area contributed by atoms with Gasteiger partial charge in [0, 0.05) is 22.2 Å². The second-order valence-electron chi connectivity index (χ2n) is 4.94. The van der Waals surface area contributed by atoms with E-state index in [2.05, 4.69) is 9.46 Å². The molecular formula is C16H15ClFNO5S2. The molecule has 0 aliphatic carbocycles. The molecule has 10 heteroatoms. The van der Waals surface area contributed by atoms with Gasteiger partial charge < -0.3 is 9.84 Å². The van der Waals surface area contributed by atoms with E-state index in [-0.39, 0.29) is 17.2 Å². The Bertz CT molecular complexity index is 844. The Morgan fingerprint density at radius 3 is 2.38 bits per heavy atom. The summed E-state index contributed by atoms with van der Waals surface area (Å²) < 4.78 is 44.2. The number of benzene rings is 2. The molecular weight excluding hydrogens is 405 g/mol. The molecule has 0 saturated heterocycles. The molecule has 0 aliphatic rings. The highest BCUT2D eigenvalue weighted by atomic mass is 35.5. The van der Waals surface area contributed by atoms with Crippen LogP contribution in [0.1, 0.15) is 0 Å². The fourth-order valence-corrected chi connectivity index (χ4v) is 3.88. The monoisotopic (exact) mass is 419 g/mol. The summed E-state index contributed by atoms with van der Waals surface area (Å²) >= 11 is 7.11. The molecule has 0 aliphatic heterocycles. The highest BCUT2D eigenvalue weighted by Gasteiger charge is 2.17. The molecule has 0 bridgehead atoms. The summed E-state index contributed by atoms with van der Waals surface area (Å²) in [5.74, 6) is -1.14. The lowest BCUT2D eigenvalue weighted by molar-refractivity contribution is -0.153. The van der Waals surface area contributed by atoms with Crippen molar-refractivity contribution < 1.29 is 27.4 Å². The summed E-state index contributed by atoms with van der Waals surface area (Å²) in [5.41, 5.74) is 0. The number of hydrogen-bond acceptors (Lipinski definition) is 5. The first-order chi connectivity index (χ1) is 12.3. The van der Waals surface area contributed by atoms with Gasteiger partial charge in [-0.05, 0) is 48.5 Å². The zero-order chi connectivity index (χ0) is 19.2.